The number of aryl methyl sites for hydroxylation is 1. The second-order valence-electron chi connectivity index (χ2n) is 5.45. The Balaban J connectivity index is 2.29. The van der Waals surface area contributed by atoms with E-state index in [2.05, 4.69) is 4.72 Å². The number of sulfonamides is 1. The lowest BCUT2D eigenvalue weighted by molar-refractivity contribution is 0.0173. The summed E-state index contributed by atoms with van der Waals surface area (Å²) in [5.74, 6) is 0. The van der Waals surface area contributed by atoms with Gasteiger partial charge in [0.05, 0.1) is 11.0 Å². The van der Waals surface area contributed by atoms with Crippen molar-refractivity contribution in [3.8, 4) is 0 Å². The zero-order valence-electron chi connectivity index (χ0n) is 12.1. The normalized spacial score (nSPS) is 23.8. The van der Waals surface area contributed by atoms with Crippen LogP contribution in [0.4, 0.5) is 5.69 Å². The van der Waals surface area contributed by atoms with Crippen LogP contribution in [0.25, 0.3) is 0 Å². The van der Waals surface area contributed by atoms with Gasteiger partial charge in [-0.05, 0) is 50.8 Å². The third-order valence-electron chi connectivity index (χ3n) is 3.72. The van der Waals surface area contributed by atoms with Crippen molar-refractivity contribution in [3.63, 3.8) is 0 Å². The molecule has 1 fully saturated rings. The number of nitrogen functional groups attached to an aromatic ring is 1. The molecule has 5 nitrogen and oxygen atoms in total. The van der Waals surface area contributed by atoms with E-state index in [0.717, 1.165) is 0 Å². The lowest BCUT2D eigenvalue weighted by Crippen LogP contribution is -2.41. The smallest absolute Gasteiger partial charge is 0.241 e. The lowest BCUT2D eigenvalue weighted by Gasteiger charge is -2.28. The van der Waals surface area contributed by atoms with Crippen molar-refractivity contribution in [2.24, 2.45) is 0 Å². The summed E-state index contributed by atoms with van der Waals surface area (Å²) in [6, 6.07) is 3.40. The van der Waals surface area contributed by atoms with Gasteiger partial charge in [-0.1, -0.05) is 6.07 Å². The van der Waals surface area contributed by atoms with Gasteiger partial charge in [0.2, 0.25) is 10.0 Å². The number of nitrogens with one attached hydrogen (secondary N) is 1. The summed E-state index contributed by atoms with van der Waals surface area (Å²) in [6.45, 7) is 6.07. The summed E-state index contributed by atoms with van der Waals surface area (Å²) in [7, 11) is -3.55. The summed E-state index contributed by atoms with van der Waals surface area (Å²) >= 11 is 0. The Labute approximate surface area is 120 Å². The summed E-state index contributed by atoms with van der Waals surface area (Å²) < 4.78 is 33.4. The number of rotatable bonds is 3. The highest BCUT2D eigenvalue weighted by Gasteiger charge is 2.27. The van der Waals surface area contributed by atoms with Gasteiger partial charge in [0.25, 0.3) is 0 Å². The molecule has 0 amide bonds. The molecule has 3 N–H and O–H groups in total. The van der Waals surface area contributed by atoms with Crippen molar-refractivity contribution in [2.75, 3.05) is 12.3 Å². The molecule has 6 heteroatoms. The van der Waals surface area contributed by atoms with Crippen molar-refractivity contribution in [3.05, 3.63) is 23.3 Å². The molecule has 1 aromatic rings. The molecule has 0 spiro atoms. The molecule has 2 rings (SSSR count). The second-order valence-corrected chi connectivity index (χ2v) is 7.10. The van der Waals surface area contributed by atoms with Gasteiger partial charge in [-0.3, -0.25) is 0 Å². The maximum Gasteiger partial charge on any atom is 0.241 e. The number of hydrogen-bond acceptors (Lipinski definition) is 4. The predicted octanol–water partition coefficient (Wildman–Crippen LogP) is 1.73. The van der Waals surface area contributed by atoms with E-state index in [9.17, 15) is 8.42 Å². The van der Waals surface area contributed by atoms with Gasteiger partial charge in [-0.25, -0.2) is 13.1 Å². The molecule has 2 atom stereocenters. The Morgan fingerprint density at radius 2 is 2.05 bits per heavy atom. The monoisotopic (exact) mass is 298 g/mol. The number of ether oxygens (including phenoxy) is 1. The van der Waals surface area contributed by atoms with E-state index in [0.29, 0.717) is 41.2 Å². The third kappa shape index (κ3) is 3.13. The number of hydrogen-bond donors (Lipinski definition) is 2. The third-order valence-corrected chi connectivity index (χ3v) is 5.53. The fraction of sp³-hybridized carbons (Fsp3) is 0.571. The van der Waals surface area contributed by atoms with Crippen LogP contribution in [0.3, 0.4) is 0 Å². The molecule has 1 aliphatic heterocycles. The van der Waals surface area contributed by atoms with Gasteiger partial charge in [0.1, 0.15) is 0 Å². The highest BCUT2D eigenvalue weighted by Crippen LogP contribution is 2.26. The van der Waals surface area contributed by atoms with Gasteiger partial charge in [-0.15, -0.1) is 0 Å². The molecule has 1 saturated heterocycles. The van der Waals surface area contributed by atoms with E-state index in [4.69, 9.17) is 10.5 Å². The van der Waals surface area contributed by atoms with Crippen LogP contribution in [0.2, 0.25) is 0 Å². The van der Waals surface area contributed by atoms with Crippen molar-refractivity contribution >= 4 is 15.7 Å². The molecular formula is C14H22N2O3S. The summed E-state index contributed by atoms with van der Waals surface area (Å²) in [5, 5.41) is 0. The standard InChI is InChI=1S/C14H22N2O3S/c1-9-4-5-13(15)11(3)14(9)20(17,18)16-12-6-7-19-10(2)8-12/h4-5,10,12,16H,6-8,15H2,1-3H3. The fourth-order valence-electron chi connectivity index (χ4n) is 2.64. The average molecular weight is 298 g/mol. The van der Waals surface area contributed by atoms with Crippen LogP contribution < -0.4 is 10.5 Å². The first-order valence-electron chi connectivity index (χ1n) is 6.81. The molecule has 112 valence electrons. The van der Waals surface area contributed by atoms with Gasteiger partial charge >= 0.3 is 0 Å². The first-order valence-corrected chi connectivity index (χ1v) is 8.29. The Morgan fingerprint density at radius 3 is 2.70 bits per heavy atom. The zero-order chi connectivity index (χ0) is 14.9. The number of anilines is 1. The van der Waals surface area contributed by atoms with Crippen molar-refractivity contribution in [1.82, 2.24) is 4.72 Å². The highest BCUT2D eigenvalue weighted by atomic mass is 32.2. The van der Waals surface area contributed by atoms with Crippen LogP contribution in [0.1, 0.15) is 30.9 Å². The molecule has 1 aromatic carbocycles. The Kier molecular flexibility index (Phi) is 4.36. The van der Waals surface area contributed by atoms with Crippen molar-refractivity contribution < 1.29 is 13.2 Å². The van der Waals surface area contributed by atoms with Gasteiger partial charge < -0.3 is 10.5 Å². The SMILES string of the molecule is Cc1ccc(N)c(C)c1S(=O)(=O)NC1CCOC(C)C1. The molecule has 0 radical (unpaired) electrons. The van der Waals surface area contributed by atoms with Crippen LogP contribution in [-0.2, 0) is 14.8 Å². The Bertz CT molecular complexity index is 599. The van der Waals surface area contributed by atoms with Gasteiger partial charge in [0, 0.05) is 18.3 Å². The van der Waals surface area contributed by atoms with E-state index < -0.39 is 10.0 Å². The minimum Gasteiger partial charge on any atom is -0.398 e. The first-order chi connectivity index (χ1) is 9.31. The lowest BCUT2D eigenvalue weighted by atomic mass is 10.1. The van der Waals surface area contributed by atoms with Crippen molar-refractivity contribution in [2.45, 2.75) is 50.7 Å². The number of benzene rings is 1. The summed E-state index contributed by atoms with van der Waals surface area (Å²) in [4.78, 5) is 0.302. The minimum atomic E-state index is -3.55. The molecule has 0 aromatic heterocycles. The fourth-order valence-corrected chi connectivity index (χ4v) is 4.42. The van der Waals surface area contributed by atoms with E-state index in [-0.39, 0.29) is 12.1 Å². The molecular weight excluding hydrogens is 276 g/mol. The van der Waals surface area contributed by atoms with Crippen molar-refractivity contribution in [1.29, 1.82) is 0 Å². The Hall–Kier alpha value is -1.11. The van der Waals surface area contributed by atoms with E-state index in [1.54, 1.807) is 26.0 Å². The van der Waals surface area contributed by atoms with Gasteiger partial charge in [0.15, 0.2) is 0 Å². The molecule has 1 heterocycles. The molecule has 1 aliphatic rings. The maximum atomic E-state index is 12.6. The quantitative estimate of drug-likeness (QED) is 0.833. The van der Waals surface area contributed by atoms with E-state index >= 15 is 0 Å². The van der Waals surface area contributed by atoms with Crippen LogP contribution >= 0.6 is 0 Å². The molecule has 0 aliphatic carbocycles. The second kappa shape index (κ2) is 5.71. The van der Waals surface area contributed by atoms with Gasteiger partial charge in [-0.2, -0.15) is 0 Å². The minimum absolute atomic E-state index is 0.0796. The predicted molar refractivity (Wildman–Crippen MR) is 79.1 cm³/mol. The van der Waals surface area contributed by atoms with Crippen LogP contribution in [0.15, 0.2) is 17.0 Å². The average Bonchev–Trinajstić information content (AvgIpc) is 2.33. The topological polar surface area (TPSA) is 81.4 Å². The van der Waals surface area contributed by atoms with Crippen LogP contribution in [-0.4, -0.2) is 27.2 Å². The molecule has 20 heavy (non-hydrogen) atoms. The summed E-state index contributed by atoms with van der Waals surface area (Å²) in [6.07, 6.45) is 1.48. The van der Waals surface area contributed by atoms with Crippen LogP contribution in [0, 0.1) is 13.8 Å². The Morgan fingerprint density at radius 1 is 1.35 bits per heavy atom. The largest absolute Gasteiger partial charge is 0.398 e. The molecule has 0 bridgehead atoms. The van der Waals surface area contributed by atoms with E-state index in [1.165, 1.54) is 0 Å². The number of nitrogens with two attached hydrogens (primary N) is 1. The summed E-state index contributed by atoms with van der Waals surface area (Å²) in [5.41, 5.74) is 7.65. The van der Waals surface area contributed by atoms with E-state index in [1.807, 2.05) is 6.92 Å². The molecule has 2 unspecified atom stereocenters. The zero-order valence-corrected chi connectivity index (χ0v) is 13.0. The molecule has 0 saturated carbocycles. The highest BCUT2D eigenvalue weighted by molar-refractivity contribution is 7.89. The first kappa shape index (κ1) is 15.3. The van der Waals surface area contributed by atoms with Crippen LogP contribution in [0.5, 0.6) is 0 Å². The maximum absolute atomic E-state index is 12.6.